The summed E-state index contributed by atoms with van der Waals surface area (Å²) in [5, 5.41) is 10.8. The first-order valence-corrected chi connectivity index (χ1v) is 6.97. The summed E-state index contributed by atoms with van der Waals surface area (Å²) in [5.74, 6) is 0.520. The lowest BCUT2D eigenvalue weighted by Gasteiger charge is -2.11. The van der Waals surface area contributed by atoms with Gasteiger partial charge in [0.2, 0.25) is 0 Å². The number of rotatable bonds is 6. The van der Waals surface area contributed by atoms with Crippen LogP contribution in [-0.2, 0) is 0 Å². The van der Waals surface area contributed by atoms with Crippen LogP contribution in [0, 0.1) is 5.92 Å². The lowest BCUT2D eigenvalue weighted by Crippen LogP contribution is -2.02. The van der Waals surface area contributed by atoms with Crippen molar-refractivity contribution in [3.05, 3.63) is 42.0 Å². The van der Waals surface area contributed by atoms with Crippen molar-refractivity contribution in [1.82, 2.24) is 0 Å². The van der Waals surface area contributed by atoms with Gasteiger partial charge in [-0.05, 0) is 36.3 Å². The summed E-state index contributed by atoms with van der Waals surface area (Å²) in [4.78, 5) is 11.2. The van der Waals surface area contributed by atoms with Crippen molar-refractivity contribution >= 4 is 16.7 Å². The first-order chi connectivity index (χ1) is 9.59. The van der Waals surface area contributed by atoms with Crippen molar-refractivity contribution in [3.63, 3.8) is 0 Å². The molecule has 0 spiro atoms. The van der Waals surface area contributed by atoms with Crippen molar-refractivity contribution in [2.45, 2.75) is 26.7 Å². The largest absolute Gasteiger partial charge is 0.493 e. The molecule has 0 aliphatic carbocycles. The van der Waals surface area contributed by atoms with Gasteiger partial charge >= 0.3 is 5.97 Å². The molecule has 1 N–H and O–H groups in total. The van der Waals surface area contributed by atoms with Gasteiger partial charge in [0.05, 0.1) is 12.2 Å². The number of hydrogen-bond acceptors (Lipinski definition) is 2. The van der Waals surface area contributed by atoms with Crippen LogP contribution in [0.15, 0.2) is 36.4 Å². The van der Waals surface area contributed by atoms with Crippen LogP contribution in [0.5, 0.6) is 5.75 Å². The number of carboxylic acids is 1. The Hall–Kier alpha value is -2.03. The van der Waals surface area contributed by atoms with Gasteiger partial charge in [-0.15, -0.1) is 0 Å². The van der Waals surface area contributed by atoms with Crippen molar-refractivity contribution < 1.29 is 14.6 Å². The second-order valence-electron chi connectivity index (χ2n) is 5.35. The quantitative estimate of drug-likeness (QED) is 0.795. The van der Waals surface area contributed by atoms with E-state index in [1.165, 1.54) is 0 Å². The second-order valence-corrected chi connectivity index (χ2v) is 5.35. The van der Waals surface area contributed by atoms with Crippen molar-refractivity contribution in [3.8, 4) is 5.75 Å². The highest BCUT2D eigenvalue weighted by molar-refractivity contribution is 6.05. The number of carbonyl (C=O) groups is 1. The SMILES string of the molecule is CC(C)CCCOc1ccc(C(=O)O)c2ccccc12. The fourth-order valence-corrected chi connectivity index (χ4v) is 2.26. The third-order valence-corrected chi connectivity index (χ3v) is 3.30. The Morgan fingerprint density at radius 2 is 1.85 bits per heavy atom. The van der Waals surface area contributed by atoms with E-state index in [-0.39, 0.29) is 0 Å². The molecular formula is C17H20O3. The van der Waals surface area contributed by atoms with Gasteiger partial charge < -0.3 is 9.84 Å². The molecule has 0 aliphatic heterocycles. The van der Waals surface area contributed by atoms with Crippen molar-refractivity contribution in [1.29, 1.82) is 0 Å². The Morgan fingerprint density at radius 1 is 1.15 bits per heavy atom. The van der Waals surface area contributed by atoms with Crippen LogP contribution in [-0.4, -0.2) is 17.7 Å². The van der Waals surface area contributed by atoms with Crippen LogP contribution in [0.2, 0.25) is 0 Å². The van der Waals surface area contributed by atoms with Gasteiger partial charge in [-0.2, -0.15) is 0 Å². The van der Waals surface area contributed by atoms with Gasteiger partial charge in [0.1, 0.15) is 5.75 Å². The van der Waals surface area contributed by atoms with E-state index in [9.17, 15) is 9.90 Å². The molecule has 0 fully saturated rings. The van der Waals surface area contributed by atoms with E-state index in [1.54, 1.807) is 12.1 Å². The molecule has 2 aromatic carbocycles. The number of aromatic carboxylic acids is 1. The van der Waals surface area contributed by atoms with E-state index in [0.29, 0.717) is 18.1 Å². The fourth-order valence-electron chi connectivity index (χ4n) is 2.26. The van der Waals surface area contributed by atoms with Gasteiger partial charge in [0.15, 0.2) is 0 Å². The van der Waals surface area contributed by atoms with E-state index >= 15 is 0 Å². The molecule has 0 radical (unpaired) electrons. The number of benzene rings is 2. The molecule has 0 amide bonds. The summed E-state index contributed by atoms with van der Waals surface area (Å²) in [6, 6.07) is 10.8. The van der Waals surface area contributed by atoms with Crippen molar-refractivity contribution in [2.75, 3.05) is 6.61 Å². The minimum absolute atomic E-state index is 0.315. The Bertz CT molecular complexity index is 602. The topological polar surface area (TPSA) is 46.5 Å². The monoisotopic (exact) mass is 272 g/mol. The van der Waals surface area contributed by atoms with Crippen LogP contribution in [0.25, 0.3) is 10.8 Å². The molecule has 3 heteroatoms. The molecular weight excluding hydrogens is 252 g/mol. The summed E-state index contributed by atoms with van der Waals surface area (Å²) in [5.41, 5.74) is 0.315. The molecule has 0 heterocycles. The van der Waals surface area contributed by atoms with E-state index in [0.717, 1.165) is 29.4 Å². The number of hydrogen-bond donors (Lipinski definition) is 1. The van der Waals surface area contributed by atoms with Crippen molar-refractivity contribution in [2.24, 2.45) is 5.92 Å². The third kappa shape index (κ3) is 3.29. The Kier molecular flexibility index (Phi) is 4.61. The first-order valence-electron chi connectivity index (χ1n) is 6.97. The molecule has 0 aromatic heterocycles. The Balaban J connectivity index is 2.22. The molecule has 0 saturated heterocycles. The molecule has 106 valence electrons. The molecule has 3 nitrogen and oxygen atoms in total. The van der Waals surface area contributed by atoms with Crippen LogP contribution >= 0.6 is 0 Å². The lowest BCUT2D eigenvalue weighted by molar-refractivity contribution is 0.0699. The van der Waals surface area contributed by atoms with Gasteiger partial charge in [-0.3, -0.25) is 0 Å². The number of fused-ring (bicyclic) bond motifs is 1. The second kappa shape index (κ2) is 6.42. The third-order valence-electron chi connectivity index (χ3n) is 3.30. The highest BCUT2D eigenvalue weighted by Crippen LogP contribution is 2.28. The molecule has 0 bridgehead atoms. The molecule has 0 aliphatic rings. The summed E-state index contributed by atoms with van der Waals surface area (Å²) in [7, 11) is 0. The van der Waals surface area contributed by atoms with Gasteiger partial charge in [-0.1, -0.05) is 38.1 Å². The average Bonchev–Trinajstić information content (AvgIpc) is 2.43. The Morgan fingerprint density at radius 3 is 2.50 bits per heavy atom. The molecule has 2 aromatic rings. The maximum Gasteiger partial charge on any atom is 0.336 e. The molecule has 0 atom stereocenters. The minimum Gasteiger partial charge on any atom is -0.493 e. The van der Waals surface area contributed by atoms with Crippen LogP contribution < -0.4 is 4.74 Å². The van der Waals surface area contributed by atoms with Gasteiger partial charge in [-0.25, -0.2) is 4.79 Å². The zero-order valence-corrected chi connectivity index (χ0v) is 11.9. The lowest BCUT2D eigenvalue weighted by atomic mass is 10.0. The maximum absolute atomic E-state index is 11.2. The summed E-state index contributed by atoms with van der Waals surface area (Å²) < 4.78 is 5.81. The van der Waals surface area contributed by atoms with Gasteiger partial charge in [0.25, 0.3) is 0 Å². The van der Waals surface area contributed by atoms with E-state index in [1.807, 2.05) is 24.3 Å². The predicted octanol–water partition coefficient (Wildman–Crippen LogP) is 4.35. The molecule has 0 unspecified atom stereocenters. The van der Waals surface area contributed by atoms with E-state index in [2.05, 4.69) is 13.8 Å². The van der Waals surface area contributed by atoms with Crippen LogP contribution in [0.4, 0.5) is 0 Å². The normalized spacial score (nSPS) is 10.9. The average molecular weight is 272 g/mol. The van der Waals surface area contributed by atoms with Crippen LogP contribution in [0.3, 0.4) is 0 Å². The fraction of sp³-hybridized carbons (Fsp3) is 0.353. The maximum atomic E-state index is 11.2. The summed E-state index contributed by atoms with van der Waals surface area (Å²) >= 11 is 0. The zero-order chi connectivity index (χ0) is 14.5. The smallest absolute Gasteiger partial charge is 0.336 e. The number of carboxylic acid groups (broad SMARTS) is 1. The summed E-state index contributed by atoms with van der Waals surface area (Å²) in [6.07, 6.45) is 2.14. The molecule has 0 saturated carbocycles. The van der Waals surface area contributed by atoms with E-state index < -0.39 is 5.97 Å². The first kappa shape index (κ1) is 14.4. The number of ether oxygens (including phenoxy) is 1. The van der Waals surface area contributed by atoms with Crippen LogP contribution in [0.1, 0.15) is 37.0 Å². The van der Waals surface area contributed by atoms with Gasteiger partial charge in [0, 0.05) is 5.39 Å². The predicted molar refractivity (Wildman–Crippen MR) is 80.5 cm³/mol. The highest BCUT2D eigenvalue weighted by atomic mass is 16.5. The van der Waals surface area contributed by atoms with E-state index in [4.69, 9.17) is 4.74 Å². The summed E-state index contributed by atoms with van der Waals surface area (Å²) in [6.45, 7) is 5.04. The minimum atomic E-state index is -0.910. The standard InChI is InChI=1S/C17H20O3/c1-12(2)6-5-11-20-16-10-9-15(17(18)19)13-7-3-4-8-14(13)16/h3-4,7-10,12H,5-6,11H2,1-2H3,(H,18,19). The molecule has 2 rings (SSSR count). The Labute approximate surface area is 119 Å². The molecule has 20 heavy (non-hydrogen) atoms. The highest BCUT2D eigenvalue weighted by Gasteiger charge is 2.11. The zero-order valence-electron chi connectivity index (χ0n) is 11.9.